The molecular formula is C13H14N2O. The number of pyridine rings is 1. The Morgan fingerprint density at radius 2 is 2.19 bits per heavy atom. The standard InChI is InChI=1S/C13H14N2O/c1-16-13-5-4-10(8-14)7-12(13)11-3-2-6-15-9-11/h2-7,9H,8,14H2,1H3. The molecule has 0 saturated carbocycles. The van der Waals surface area contributed by atoms with Crippen LogP contribution in [0.25, 0.3) is 11.1 Å². The van der Waals surface area contributed by atoms with E-state index in [4.69, 9.17) is 10.5 Å². The first-order valence-electron chi connectivity index (χ1n) is 5.12. The summed E-state index contributed by atoms with van der Waals surface area (Å²) in [5.41, 5.74) is 8.78. The molecular weight excluding hydrogens is 200 g/mol. The Kier molecular flexibility index (Phi) is 3.17. The molecule has 2 N–H and O–H groups in total. The number of hydrogen-bond donors (Lipinski definition) is 1. The summed E-state index contributed by atoms with van der Waals surface area (Å²) in [6.45, 7) is 0.525. The van der Waals surface area contributed by atoms with Gasteiger partial charge in [0.15, 0.2) is 0 Å². The average molecular weight is 214 g/mol. The largest absolute Gasteiger partial charge is 0.496 e. The molecule has 82 valence electrons. The zero-order chi connectivity index (χ0) is 11.4. The Labute approximate surface area is 94.9 Å². The third kappa shape index (κ3) is 2.04. The van der Waals surface area contributed by atoms with E-state index in [-0.39, 0.29) is 0 Å². The van der Waals surface area contributed by atoms with E-state index in [1.54, 1.807) is 13.3 Å². The molecule has 0 unspecified atom stereocenters. The second kappa shape index (κ2) is 4.77. The number of benzene rings is 1. The van der Waals surface area contributed by atoms with E-state index in [1.165, 1.54) is 0 Å². The highest BCUT2D eigenvalue weighted by atomic mass is 16.5. The molecule has 2 rings (SSSR count). The highest BCUT2D eigenvalue weighted by Crippen LogP contribution is 2.30. The van der Waals surface area contributed by atoms with Crippen molar-refractivity contribution in [2.75, 3.05) is 7.11 Å². The van der Waals surface area contributed by atoms with Gasteiger partial charge in [0, 0.05) is 30.1 Å². The fourth-order valence-electron chi connectivity index (χ4n) is 1.63. The maximum atomic E-state index is 5.63. The van der Waals surface area contributed by atoms with Crippen molar-refractivity contribution in [3.63, 3.8) is 0 Å². The molecule has 0 saturated heterocycles. The Morgan fingerprint density at radius 3 is 2.81 bits per heavy atom. The van der Waals surface area contributed by atoms with Gasteiger partial charge in [-0.2, -0.15) is 0 Å². The average Bonchev–Trinajstić information content (AvgIpc) is 2.39. The molecule has 0 atom stereocenters. The molecule has 16 heavy (non-hydrogen) atoms. The first-order chi connectivity index (χ1) is 7.85. The number of hydrogen-bond acceptors (Lipinski definition) is 3. The molecule has 0 amide bonds. The number of methoxy groups -OCH3 is 1. The quantitative estimate of drug-likeness (QED) is 0.852. The Balaban J connectivity index is 2.53. The van der Waals surface area contributed by atoms with Crippen LogP contribution in [-0.4, -0.2) is 12.1 Å². The summed E-state index contributed by atoms with van der Waals surface area (Å²) in [4.78, 5) is 4.11. The second-order valence-corrected chi connectivity index (χ2v) is 3.48. The summed E-state index contributed by atoms with van der Waals surface area (Å²) < 4.78 is 5.33. The fraction of sp³-hybridized carbons (Fsp3) is 0.154. The molecule has 2 aromatic rings. The summed E-state index contributed by atoms with van der Waals surface area (Å²) in [6.07, 6.45) is 3.57. The monoisotopic (exact) mass is 214 g/mol. The predicted molar refractivity (Wildman–Crippen MR) is 64.1 cm³/mol. The molecule has 0 aliphatic heterocycles. The minimum atomic E-state index is 0.525. The van der Waals surface area contributed by atoms with Crippen molar-refractivity contribution in [1.82, 2.24) is 4.98 Å². The minimum absolute atomic E-state index is 0.525. The maximum absolute atomic E-state index is 5.63. The zero-order valence-corrected chi connectivity index (χ0v) is 9.18. The van der Waals surface area contributed by atoms with Gasteiger partial charge in [0.2, 0.25) is 0 Å². The van der Waals surface area contributed by atoms with Crippen LogP contribution in [0.5, 0.6) is 5.75 Å². The van der Waals surface area contributed by atoms with Gasteiger partial charge in [0.05, 0.1) is 7.11 Å². The number of aromatic nitrogens is 1. The van der Waals surface area contributed by atoms with Crippen molar-refractivity contribution in [2.45, 2.75) is 6.54 Å². The highest BCUT2D eigenvalue weighted by molar-refractivity contribution is 5.70. The number of nitrogens with two attached hydrogens (primary N) is 1. The summed E-state index contributed by atoms with van der Waals surface area (Å²) in [5.74, 6) is 0.838. The summed E-state index contributed by atoms with van der Waals surface area (Å²) >= 11 is 0. The van der Waals surface area contributed by atoms with E-state index < -0.39 is 0 Å². The van der Waals surface area contributed by atoms with Crippen LogP contribution in [0.3, 0.4) is 0 Å². The molecule has 1 aromatic heterocycles. The first-order valence-corrected chi connectivity index (χ1v) is 5.12. The van der Waals surface area contributed by atoms with Gasteiger partial charge < -0.3 is 10.5 Å². The summed E-state index contributed by atoms with van der Waals surface area (Å²) in [5, 5.41) is 0. The lowest BCUT2D eigenvalue weighted by Gasteiger charge is -2.09. The molecule has 0 bridgehead atoms. The first kappa shape index (κ1) is 10.6. The molecule has 3 nitrogen and oxygen atoms in total. The summed E-state index contributed by atoms with van der Waals surface area (Å²) in [6, 6.07) is 9.86. The number of ether oxygens (including phenoxy) is 1. The summed E-state index contributed by atoms with van der Waals surface area (Å²) in [7, 11) is 1.66. The SMILES string of the molecule is COc1ccc(CN)cc1-c1cccnc1. The smallest absolute Gasteiger partial charge is 0.126 e. The van der Waals surface area contributed by atoms with Crippen LogP contribution in [-0.2, 0) is 6.54 Å². The number of nitrogens with zero attached hydrogens (tertiary/aromatic N) is 1. The molecule has 3 heteroatoms. The Hall–Kier alpha value is -1.87. The van der Waals surface area contributed by atoms with Gasteiger partial charge in [-0.3, -0.25) is 4.98 Å². The van der Waals surface area contributed by atoms with Crippen LogP contribution in [0.15, 0.2) is 42.7 Å². The fourth-order valence-corrected chi connectivity index (χ4v) is 1.63. The van der Waals surface area contributed by atoms with Crippen LogP contribution in [0.1, 0.15) is 5.56 Å². The van der Waals surface area contributed by atoms with E-state index >= 15 is 0 Å². The molecule has 1 heterocycles. The van der Waals surface area contributed by atoms with Crippen LogP contribution in [0.4, 0.5) is 0 Å². The van der Waals surface area contributed by atoms with Crippen molar-refractivity contribution >= 4 is 0 Å². The molecule has 0 aliphatic carbocycles. The van der Waals surface area contributed by atoms with Gasteiger partial charge in [-0.15, -0.1) is 0 Å². The third-order valence-corrected chi connectivity index (χ3v) is 2.47. The third-order valence-electron chi connectivity index (χ3n) is 2.47. The zero-order valence-electron chi connectivity index (χ0n) is 9.18. The van der Waals surface area contributed by atoms with Crippen LogP contribution in [0.2, 0.25) is 0 Å². The lowest BCUT2D eigenvalue weighted by atomic mass is 10.0. The highest BCUT2D eigenvalue weighted by Gasteiger charge is 2.06. The van der Waals surface area contributed by atoms with Crippen molar-refractivity contribution in [3.8, 4) is 16.9 Å². The second-order valence-electron chi connectivity index (χ2n) is 3.48. The van der Waals surface area contributed by atoms with E-state index in [9.17, 15) is 0 Å². The van der Waals surface area contributed by atoms with Crippen molar-refractivity contribution in [2.24, 2.45) is 5.73 Å². The van der Waals surface area contributed by atoms with E-state index in [0.29, 0.717) is 6.54 Å². The van der Waals surface area contributed by atoms with Gasteiger partial charge in [-0.1, -0.05) is 12.1 Å². The lowest BCUT2D eigenvalue weighted by Crippen LogP contribution is -1.97. The molecule has 0 spiro atoms. The van der Waals surface area contributed by atoms with Gasteiger partial charge in [-0.05, 0) is 23.8 Å². The topological polar surface area (TPSA) is 48.1 Å². The van der Waals surface area contributed by atoms with Crippen molar-refractivity contribution in [3.05, 3.63) is 48.3 Å². The maximum Gasteiger partial charge on any atom is 0.126 e. The normalized spacial score (nSPS) is 10.1. The van der Waals surface area contributed by atoms with Gasteiger partial charge >= 0.3 is 0 Å². The van der Waals surface area contributed by atoms with Crippen LogP contribution in [0, 0.1) is 0 Å². The van der Waals surface area contributed by atoms with Crippen LogP contribution >= 0.6 is 0 Å². The van der Waals surface area contributed by atoms with Crippen molar-refractivity contribution in [1.29, 1.82) is 0 Å². The van der Waals surface area contributed by atoms with E-state index in [2.05, 4.69) is 4.98 Å². The van der Waals surface area contributed by atoms with Crippen LogP contribution < -0.4 is 10.5 Å². The molecule has 1 aromatic carbocycles. The van der Waals surface area contributed by atoms with E-state index in [0.717, 1.165) is 22.4 Å². The van der Waals surface area contributed by atoms with Crippen molar-refractivity contribution < 1.29 is 4.74 Å². The predicted octanol–water partition coefficient (Wildman–Crippen LogP) is 2.22. The van der Waals surface area contributed by atoms with Gasteiger partial charge in [0.25, 0.3) is 0 Å². The minimum Gasteiger partial charge on any atom is -0.496 e. The molecule has 0 radical (unpaired) electrons. The number of rotatable bonds is 3. The van der Waals surface area contributed by atoms with Gasteiger partial charge in [0.1, 0.15) is 5.75 Å². The Morgan fingerprint density at radius 1 is 1.31 bits per heavy atom. The lowest BCUT2D eigenvalue weighted by molar-refractivity contribution is 0.416. The van der Waals surface area contributed by atoms with Gasteiger partial charge in [-0.25, -0.2) is 0 Å². The Bertz CT molecular complexity index is 469. The molecule has 0 aliphatic rings. The van der Waals surface area contributed by atoms with E-state index in [1.807, 2.05) is 36.5 Å². The molecule has 0 fully saturated rings.